The number of rotatable bonds is 8. The Morgan fingerprint density at radius 2 is 1.64 bits per heavy atom. The van der Waals surface area contributed by atoms with Gasteiger partial charge in [-0.25, -0.2) is 4.79 Å². The Kier molecular flexibility index (Phi) is 6.57. The minimum atomic E-state index is -0.552. The number of amides is 1. The normalized spacial score (nSPS) is 10.5. The summed E-state index contributed by atoms with van der Waals surface area (Å²) < 4.78 is 6.86. The molecule has 0 saturated heterocycles. The van der Waals surface area contributed by atoms with E-state index in [0.717, 1.165) is 11.1 Å². The molecule has 144 valence electrons. The van der Waals surface area contributed by atoms with Crippen molar-refractivity contribution in [2.75, 3.05) is 13.2 Å². The number of hydrogen-bond donors (Lipinski definition) is 0. The van der Waals surface area contributed by atoms with E-state index < -0.39 is 5.97 Å². The van der Waals surface area contributed by atoms with Gasteiger partial charge in [-0.3, -0.25) is 9.48 Å². The highest BCUT2D eigenvalue weighted by Gasteiger charge is 2.16. The third-order valence-corrected chi connectivity index (χ3v) is 4.33. The number of carbonyl (C=O) groups excluding carboxylic acids is 2. The summed E-state index contributed by atoms with van der Waals surface area (Å²) in [5.41, 5.74) is 2.45. The summed E-state index contributed by atoms with van der Waals surface area (Å²) in [5.74, 6) is -0.778. The molecule has 0 fully saturated rings. The van der Waals surface area contributed by atoms with Crippen LogP contribution in [0.5, 0.6) is 0 Å². The predicted octanol–water partition coefficient (Wildman–Crippen LogP) is 3.14. The Bertz CT molecular complexity index is 907. The first-order valence-electron chi connectivity index (χ1n) is 9.21. The number of esters is 1. The summed E-state index contributed by atoms with van der Waals surface area (Å²) in [6, 6.07) is 19.6. The van der Waals surface area contributed by atoms with E-state index in [0.29, 0.717) is 25.2 Å². The predicted molar refractivity (Wildman–Crippen MR) is 106 cm³/mol. The number of aromatic nitrogens is 2. The highest BCUT2D eigenvalue weighted by atomic mass is 16.5. The molecule has 0 aliphatic heterocycles. The Morgan fingerprint density at radius 3 is 2.29 bits per heavy atom. The molecule has 0 atom stereocenters. The molecule has 0 bridgehead atoms. The molecule has 0 N–H and O–H groups in total. The van der Waals surface area contributed by atoms with Crippen molar-refractivity contribution in [1.29, 1.82) is 0 Å². The van der Waals surface area contributed by atoms with Crippen molar-refractivity contribution in [2.24, 2.45) is 0 Å². The van der Waals surface area contributed by atoms with Crippen LogP contribution in [-0.2, 0) is 22.6 Å². The molecule has 3 rings (SSSR count). The van der Waals surface area contributed by atoms with Gasteiger partial charge in [0.15, 0.2) is 6.61 Å². The van der Waals surface area contributed by atoms with E-state index in [-0.39, 0.29) is 12.5 Å². The van der Waals surface area contributed by atoms with Crippen LogP contribution in [0.1, 0.15) is 28.4 Å². The number of nitrogens with zero attached hydrogens (tertiary/aromatic N) is 3. The van der Waals surface area contributed by atoms with Crippen LogP contribution < -0.4 is 0 Å². The molecule has 28 heavy (non-hydrogen) atoms. The average molecular weight is 377 g/mol. The van der Waals surface area contributed by atoms with Gasteiger partial charge in [0.2, 0.25) is 0 Å². The molecule has 1 amide bonds. The molecule has 6 nitrogen and oxygen atoms in total. The van der Waals surface area contributed by atoms with E-state index in [2.05, 4.69) is 5.10 Å². The molecule has 0 aliphatic rings. The number of carbonyl (C=O) groups is 2. The summed E-state index contributed by atoms with van der Waals surface area (Å²) in [4.78, 5) is 26.3. The van der Waals surface area contributed by atoms with Gasteiger partial charge in [0, 0.05) is 19.3 Å². The van der Waals surface area contributed by atoms with Crippen LogP contribution in [0.3, 0.4) is 0 Å². The number of hydrogen-bond acceptors (Lipinski definition) is 4. The summed E-state index contributed by atoms with van der Waals surface area (Å²) in [6.45, 7) is 3.20. The zero-order valence-corrected chi connectivity index (χ0v) is 15.8. The van der Waals surface area contributed by atoms with E-state index in [1.807, 2.05) is 67.6 Å². The van der Waals surface area contributed by atoms with E-state index in [4.69, 9.17) is 4.74 Å². The highest BCUT2D eigenvalue weighted by Crippen LogP contribution is 2.07. The standard InChI is InChI=1S/C22H23N3O3/c1-2-24(14-18-9-5-3-6-10-18)21(26)17-28-22(27)20-13-23-25(16-20)15-19-11-7-4-8-12-19/h3-13,16H,2,14-15,17H2,1H3. The second-order valence-corrected chi connectivity index (χ2v) is 6.38. The van der Waals surface area contributed by atoms with Crippen molar-refractivity contribution in [3.8, 4) is 0 Å². The van der Waals surface area contributed by atoms with Crippen molar-refractivity contribution in [2.45, 2.75) is 20.0 Å². The molecule has 0 spiro atoms. The first kappa shape index (κ1) is 19.4. The second kappa shape index (κ2) is 9.50. The van der Waals surface area contributed by atoms with Crippen LogP contribution >= 0.6 is 0 Å². The molecular weight excluding hydrogens is 354 g/mol. The van der Waals surface area contributed by atoms with E-state index in [9.17, 15) is 9.59 Å². The maximum atomic E-state index is 12.4. The topological polar surface area (TPSA) is 64.4 Å². The van der Waals surface area contributed by atoms with Crippen molar-refractivity contribution < 1.29 is 14.3 Å². The Labute approximate surface area is 164 Å². The van der Waals surface area contributed by atoms with Gasteiger partial charge >= 0.3 is 5.97 Å². The molecule has 0 saturated carbocycles. The van der Waals surface area contributed by atoms with E-state index in [1.165, 1.54) is 6.20 Å². The Morgan fingerprint density at radius 1 is 1.00 bits per heavy atom. The van der Waals surface area contributed by atoms with Crippen molar-refractivity contribution in [3.63, 3.8) is 0 Å². The van der Waals surface area contributed by atoms with Crippen molar-refractivity contribution in [1.82, 2.24) is 14.7 Å². The van der Waals surface area contributed by atoms with Crippen LogP contribution in [-0.4, -0.2) is 39.7 Å². The molecular formula is C22H23N3O3. The summed E-state index contributed by atoms with van der Waals surface area (Å²) in [7, 11) is 0. The van der Waals surface area contributed by atoms with Gasteiger partial charge in [0.1, 0.15) is 0 Å². The maximum absolute atomic E-state index is 12.4. The fourth-order valence-corrected chi connectivity index (χ4v) is 2.81. The van der Waals surface area contributed by atoms with E-state index >= 15 is 0 Å². The Balaban J connectivity index is 1.52. The molecule has 0 unspecified atom stereocenters. The van der Waals surface area contributed by atoms with Crippen LogP contribution in [0.4, 0.5) is 0 Å². The SMILES string of the molecule is CCN(Cc1ccccc1)C(=O)COC(=O)c1cnn(Cc2ccccc2)c1. The first-order valence-corrected chi connectivity index (χ1v) is 9.21. The van der Waals surface area contributed by atoms with Gasteiger partial charge in [-0.05, 0) is 18.1 Å². The summed E-state index contributed by atoms with van der Waals surface area (Å²) in [5, 5.41) is 4.19. The van der Waals surface area contributed by atoms with Crippen molar-refractivity contribution in [3.05, 3.63) is 89.7 Å². The van der Waals surface area contributed by atoms with Gasteiger partial charge in [-0.15, -0.1) is 0 Å². The monoisotopic (exact) mass is 377 g/mol. The minimum absolute atomic E-state index is 0.226. The van der Waals surface area contributed by atoms with Gasteiger partial charge in [0.25, 0.3) is 5.91 Å². The van der Waals surface area contributed by atoms with Crippen LogP contribution in [0.25, 0.3) is 0 Å². The molecule has 0 radical (unpaired) electrons. The van der Waals surface area contributed by atoms with Crippen LogP contribution in [0.2, 0.25) is 0 Å². The quantitative estimate of drug-likeness (QED) is 0.566. The third kappa shape index (κ3) is 5.30. The van der Waals surface area contributed by atoms with Crippen LogP contribution in [0.15, 0.2) is 73.1 Å². The molecule has 1 aromatic heterocycles. The molecule has 2 aromatic carbocycles. The molecule has 6 heteroatoms. The van der Waals surface area contributed by atoms with Gasteiger partial charge < -0.3 is 9.64 Å². The Hall–Kier alpha value is -3.41. The van der Waals surface area contributed by atoms with Gasteiger partial charge in [0.05, 0.1) is 18.3 Å². The minimum Gasteiger partial charge on any atom is -0.452 e. The second-order valence-electron chi connectivity index (χ2n) is 6.38. The maximum Gasteiger partial charge on any atom is 0.341 e. The number of ether oxygens (including phenoxy) is 1. The smallest absolute Gasteiger partial charge is 0.341 e. The zero-order chi connectivity index (χ0) is 19.8. The fourth-order valence-electron chi connectivity index (χ4n) is 2.81. The lowest BCUT2D eigenvalue weighted by molar-refractivity contribution is -0.134. The lowest BCUT2D eigenvalue weighted by atomic mass is 10.2. The van der Waals surface area contributed by atoms with Crippen LogP contribution in [0, 0.1) is 0 Å². The van der Waals surface area contributed by atoms with Crippen molar-refractivity contribution >= 4 is 11.9 Å². The summed E-state index contributed by atoms with van der Waals surface area (Å²) >= 11 is 0. The average Bonchev–Trinajstić information content (AvgIpc) is 3.20. The molecule has 1 heterocycles. The highest BCUT2D eigenvalue weighted by molar-refractivity contribution is 5.90. The first-order chi connectivity index (χ1) is 13.7. The van der Waals surface area contributed by atoms with Gasteiger partial charge in [-0.2, -0.15) is 5.10 Å². The number of benzene rings is 2. The van der Waals surface area contributed by atoms with E-state index in [1.54, 1.807) is 15.8 Å². The van der Waals surface area contributed by atoms with Gasteiger partial charge in [-0.1, -0.05) is 60.7 Å². The lowest BCUT2D eigenvalue weighted by Crippen LogP contribution is -2.34. The lowest BCUT2D eigenvalue weighted by Gasteiger charge is -2.20. The largest absolute Gasteiger partial charge is 0.452 e. The summed E-state index contributed by atoms with van der Waals surface area (Å²) in [6.07, 6.45) is 3.08. The zero-order valence-electron chi connectivity index (χ0n) is 15.8. The molecule has 0 aliphatic carbocycles. The third-order valence-electron chi connectivity index (χ3n) is 4.33. The number of likely N-dealkylation sites (N-methyl/N-ethyl adjacent to an activating group) is 1. The fraction of sp³-hybridized carbons (Fsp3) is 0.227. The molecule has 3 aromatic rings.